The van der Waals surface area contributed by atoms with Crippen LogP contribution in [0.1, 0.15) is 82.2 Å². The normalized spacial score (nSPS) is 13.9. The van der Waals surface area contributed by atoms with E-state index in [-0.39, 0.29) is 61.8 Å². The molecule has 214 valence electrons. The third-order valence-electron chi connectivity index (χ3n) is 7.83. The molecular weight excluding hydrogens is 631 g/mol. The van der Waals surface area contributed by atoms with E-state index in [0.29, 0.717) is 5.92 Å². The van der Waals surface area contributed by atoms with Crippen LogP contribution in [0, 0.1) is 6.08 Å². The van der Waals surface area contributed by atoms with Crippen molar-refractivity contribution in [2.45, 2.75) is 65.2 Å². The maximum atomic E-state index is 3.52. The van der Waals surface area contributed by atoms with Gasteiger partial charge in [0.25, 0.3) is 0 Å². The Bertz CT molecular complexity index is 1560. The molecule has 0 nitrogen and oxygen atoms in total. The van der Waals surface area contributed by atoms with E-state index in [1.54, 1.807) is 0 Å². The number of hydrogen-bond acceptors (Lipinski definition) is 0. The Morgan fingerprint density at radius 3 is 1.74 bits per heavy atom. The van der Waals surface area contributed by atoms with E-state index < -0.39 is 0 Å². The average Bonchev–Trinajstić information content (AvgIpc) is 3.50. The van der Waals surface area contributed by atoms with Crippen LogP contribution in [0.3, 0.4) is 0 Å². The number of hydrogen-bond donors (Lipinski definition) is 0. The van der Waals surface area contributed by atoms with Gasteiger partial charge in [0.15, 0.2) is 0 Å². The molecule has 1 atom stereocenters. The van der Waals surface area contributed by atoms with Crippen LogP contribution in [-0.2, 0) is 37.0 Å². The van der Waals surface area contributed by atoms with Gasteiger partial charge >= 0.3 is 26.2 Å². The van der Waals surface area contributed by atoms with Crippen molar-refractivity contribution in [1.82, 2.24) is 0 Å². The van der Waals surface area contributed by atoms with E-state index in [4.69, 9.17) is 0 Å². The summed E-state index contributed by atoms with van der Waals surface area (Å²) in [5.41, 5.74) is 11.0. The fraction of sp³-hybridized carbons (Fsp3) is 0.256. The Morgan fingerprint density at radius 1 is 0.619 bits per heavy atom. The molecule has 0 radical (unpaired) electrons. The fourth-order valence-corrected chi connectivity index (χ4v) is 5.31. The van der Waals surface area contributed by atoms with Gasteiger partial charge in [-0.3, -0.25) is 0 Å². The second-order valence-corrected chi connectivity index (χ2v) is 12.9. The number of halogens is 2. The number of fused-ring (bicyclic) bond motifs is 2. The third-order valence-corrected chi connectivity index (χ3v) is 7.83. The summed E-state index contributed by atoms with van der Waals surface area (Å²) in [5.74, 6) is 0.457. The van der Waals surface area contributed by atoms with Gasteiger partial charge in [0.1, 0.15) is 0 Å². The summed E-state index contributed by atoms with van der Waals surface area (Å²) in [4.78, 5) is 0. The largest absolute Gasteiger partial charge is 4.00 e. The molecule has 6 rings (SSSR count). The van der Waals surface area contributed by atoms with Gasteiger partial charge in [0, 0.05) is 0 Å². The molecule has 0 fully saturated rings. The van der Waals surface area contributed by atoms with Gasteiger partial charge in [-0.1, -0.05) is 132 Å². The van der Waals surface area contributed by atoms with Crippen LogP contribution in [0.5, 0.6) is 0 Å². The van der Waals surface area contributed by atoms with Gasteiger partial charge in [-0.15, -0.1) is 75.5 Å². The Kier molecular flexibility index (Phi) is 12.3. The van der Waals surface area contributed by atoms with Crippen LogP contribution in [0.4, 0.5) is 0 Å². The molecule has 0 N–H and O–H groups in total. The van der Waals surface area contributed by atoms with Crippen molar-refractivity contribution in [2.24, 2.45) is 0 Å². The van der Waals surface area contributed by atoms with Gasteiger partial charge in [-0.25, -0.2) is 0 Å². The zero-order valence-corrected chi connectivity index (χ0v) is 29.7. The third kappa shape index (κ3) is 7.99. The van der Waals surface area contributed by atoms with E-state index in [9.17, 15) is 0 Å². The first-order valence-electron chi connectivity index (χ1n) is 14.1. The van der Waals surface area contributed by atoms with Crippen molar-refractivity contribution in [2.75, 3.05) is 0 Å². The van der Waals surface area contributed by atoms with Crippen LogP contribution in [0.15, 0.2) is 109 Å². The van der Waals surface area contributed by atoms with E-state index in [1.807, 2.05) is 0 Å². The van der Waals surface area contributed by atoms with E-state index in [2.05, 4.69) is 164 Å². The summed E-state index contributed by atoms with van der Waals surface area (Å²) in [7, 11) is 0. The average molecular weight is 671 g/mol. The topological polar surface area (TPSA) is 0 Å². The molecule has 1 aliphatic carbocycles. The standard InChI is InChI=1S/C23H27.C16H13.2ClH.Zr/c1-22(2,3)20-13-19(14-21(15-20)23(4,5)6)18-11-16-9-7-8-10-17(16)12-18;1-12-15-10-6-5-9-14(15)11-16(12)13-7-3-2-4-8-13;;;/h7-15H,1-6H3;2-10,12H,1H3;2*1H;/q2*-1;;;+4/p-2. The summed E-state index contributed by atoms with van der Waals surface area (Å²) >= 11 is 0. The molecule has 0 saturated carbocycles. The maximum Gasteiger partial charge on any atom is 4.00 e. The summed E-state index contributed by atoms with van der Waals surface area (Å²) in [6.07, 6.45) is 3.52. The summed E-state index contributed by atoms with van der Waals surface area (Å²) in [6.45, 7) is 16.0. The van der Waals surface area contributed by atoms with Crippen molar-refractivity contribution >= 4 is 16.3 Å². The quantitative estimate of drug-likeness (QED) is 0.236. The predicted molar refractivity (Wildman–Crippen MR) is 169 cm³/mol. The van der Waals surface area contributed by atoms with Crippen LogP contribution < -0.4 is 24.8 Å². The molecule has 5 aromatic rings. The molecule has 0 aromatic heterocycles. The number of allylic oxidation sites excluding steroid dienone is 1. The van der Waals surface area contributed by atoms with E-state index in [0.717, 1.165) is 0 Å². The van der Waals surface area contributed by atoms with Crippen LogP contribution in [-0.4, -0.2) is 0 Å². The summed E-state index contributed by atoms with van der Waals surface area (Å²) < 4.78 is 0. The van der Waals surface area contributed by atoms with Crippen LogP contribution >= 0.6 is 0 Å². The second-order valence-electron chi connectivity index (χ2n) is 12.9. The molecule has 0 heterocycles. The summed E-state index contributed by atoms with van der Waals surface area (Å²) in [6, 6.07) is 39.4. The first-order valence-corrected chi connectivity index (χ1v) is 14.1. The SMILES string of the molecule is CC(C)(C)c1cc(-c2cc3ccccc3[cH-]2)cc(C(C)(C)C)c1.CC1C(c2ccccc2)=[C-]c2ccccc21.[Cl-].[Cl-].[Zr+4]. The van der Waals surface area contributed by atoms with Crippen LogP contribution in [0.25, 0.3) is 27.5 Å². The molecule has 0 bridgehead atoms. The maximum absolute atomic E-state index is 3.52. The molecule has 5 aromatic carbocycles. The van der Waals surface area contributed by atoms with Crippen molar-refractivity contribution in [1.29, 1.82) is 0 Å². The minimum Gasteiger partial charge on any atom is -1.00 e. The predicted octanol–water partition coefficient (Wildman–Crippen LogP) is 4.86. The number of benzene rings is 4. The molecule has 1 unspecified atom stereocenters. The zero-order valence-electron chi connectivity index (χ0n) is 25.7. The summed E-state index contributed by atoms with van der Waals surface area (Å²) in [5, 5.41) is 2.64. The fourth-order valence-electron chi connectivity index (χ4n) is 5.31. The Morgan fingerprint density at radius 2 is 1.17 bits per heavy atom. The Labute approximate surface area is 285 Å². The Hall–Kier alpha value is -2.31. The van der Waals surface area contributed by atoms with E-state index >= 15 is 0 Å². The number of rotatable bonds is 2. The molecule has 3 heteroatoms. The molecule has 42 heavy (non-hydrogen) atoms. The monoisotopic (exact) mass is 668 g/mol. The van der Waals surface area contributed by atoms with Crippen LogP contribution in [0.2, 0.25) is 0 Å². The molecule has 1 aliphatic rings. The van der Waals surface area contributed by atoms with Gasteiger partial charge in [-0.2, -0.15) is 0 Å². The van der Waals surface area contributed by atoms with Gasteiger partial charge in [-0.05, 0) is 27.9 Å². The molecule has 0 spiro atoms. The molecule has 0 saturated heterocycles. The minimum absolute atomic E-state index is 0. The van der Waals surface area contributed by atoms with Crippen molar-refractivity contribution in [3.8, 4) is 11.1 Å². The van der Waals surface area contributed by atoms with Gasteiger partial charge < -0.3 is 24.8 Å². The van der Waals surface area contributed by atoms with E-state index in [1.165, 1.54) is 55.3 Å². The first kappa shape index (κ1) is 35.9. The Balaban J connectivity index is 0.000000288. The van der Waals surface area contributed by atoms with Crippen molar-refractivity contribution < 1.29 is 51.0 Å². The van der Waals surface area contributed by atoms with Gasteiger partial charge in [0.05, 0.1) is 0 Å². The molecule has 0 amide bonds. The van der Waals surface area contributed by atoms with Gasteiger partial charge in [0.2, 0.25) is 0 Å². The van der Waals surface area contributed by atoms with Crippen molar-refractivity contribution in [3.05, 3.63) is 143 Å². The zero-order chi connectivity index (χ0) is 27.8. The molecule has 0 aliphatic heterocycles. The second kappa shape index (κ2) is 14.4. The first-order chi connectivity index (χ1) is 18.5. The molecular formula is C39H40Cl2Zr. The van der Waals surface area contributed by atoms with Crippen molar-refractivity contribution in [3.63, 3.8) is 0 Å². The minimum atomic E-state index is 0. The smallest absolute Gasteiger partial charge is 1.00 e.